The van der Waals surface area contributed by atoms with Crippen LogP contribution in [0.4, 0.5) is 17.1 Å². The predicted octanol–water partition coefficient (Wildman–Crippen LogP) is 14.9. The summed E-state index contributed by atoms with van der Waals surface area (Å²) < 4.78 is 2.41. The molecule has 1 aromatic heterocycles. The lowest BCUT2D eigenvalue weighted by molar-refractivity contribution is 1.18. The van der Waals surface area contributed by atoms with E-state index in [0.29, 0.717) is 0 Å². The molecule has 264 valence electrons. The molecule has 0 bridgehead atoms. The number of hydrogen-bond donors (Lipinski definition) is 0. The summed E-state index contributed by atoms with van der Waals surface area (Å²) in [5.41, 5.74) is 16.3. The van der Waals surface area contributed by atoms with Gasteiger partial charge in [-0.25, -0.2) is 0 Å². The summed E-state index contributed by atoms with van der Waals surface area (Å²) in [4.78, 5) is 2.43. The van der Waals surface area contributed by atoms with E-state index in [1.807, 2.05) is 0 Å². The molecule has 10 aromatic rings. The quantitative estimate of drug-likeness (QED) is 0.152. The zero-order valence-electron chi connectivity index (χ0n) is 30.8. The van der Waals surface area contributed by atoms with Crippen molar-refractivity contribution in [2.75, 3.05) is 4.90 Å². The molecule has 0 N–H and O–H groups in total. The molecular formula is C54H38N2. The first-order valence-electron chi connectivity index (χ1n) is 19.2. The second kappa shape index (κ2) is 14.4. The van der Waals surface area contributed by atoms with E-state index in [1.54, 1.807) is 0 Å². The Hall–Kier alpha value is -7.42. The smallest absolute Gasteiger partial charge is 0.0547 e. The lowest BCUT2D eigenvalue weighted by Crippen LogP contribution is -2.11. The van der Waals surface area contributed by atoms with Gasteiger partial charge in [0, 0.05) is 33.4 Å². The Morgan fingerprint density at radius 2 is 0.804 bits per heavy atom. The fraction of sp³-hybridized carbons (Fsp3) is 0. The number of rotatable bonds is 8. The molecule has 0 amide bonds. The van der Waals surface area contributed by atoms with Crippen LogP contribution < -0.4 is 4.90 Å². The standard InChI is InChI=1S/C54H38N2/c1-6-17-39(18-7-1)41-29-32-46(33-30-41)55(51-35-31-44(40-19-8-2-9-20-40)37-49(51)43-23-12-4-13-24-43)47-34-36-52-50(38-47)54-48(42-21-10-3-11-22-42)27-16-28-53(54)56(52)45-25-14-5-15-26-45/h1-38H. The number of aromatic nitrogens is 1. The second-order valence-electron chi connectivity index (χ2n) is 14.2. The maximum Gasteiger partial charge on any atom is 0.0547 e. The van der Waals surface area contributed by atoms with Gasteiger partial charge in [-0.1, -0.05) is 170 Å². The largest absolute Gasteiger partial charge is 0.310 e. The van der Waals surface area contributed by atoms with Gasteiger partial charge in [-0.2, -0.15) is 0 Å². The number of benzene rings is 9. The van der Waals surface area contributed by atoms with Gasteiger partial charge in [0.2, 0.25) is 0 Å². The number of hydrogen-bond acceptors (Lipinski definition) is 1. The Labute approximate surface area is 327 Å². The molecule has 0 atom stereocenters. The highest BCUT2D eigenvalue weighted by atomic mass is 15.1. The molecule has 9 aromatic carbocycles. The second-order valence-corrected chi connectivity index (χ2v) is 14.2. The van der Waals surface area contributed by atoms with Gasteiger partial charge in [-0.3, -0.25) is 0 Å². The summed E-state index contributed by atoms with van der Waals surface area (Å²) in [7, 11) is 0. The van der Waals surface area contributed by atoms with Gasteiger partial charge in [0.05, 0.1) is 16.7 Å². The van der Waals surface area contributed by atoms with Gasteiger partial charge < -0.3 is 9.47 Å². The molecular weight excluding hydrogens is 677 g/mol. The fourth-order valence-electron chi connectivity index (χ4n) is 8.16. The maximum atomic E-state index is 2.43. The Balaban J connectivity index is 1.25. The molecule has 0 fully saturated rings. The molecule has 0 aliphatic carbocycles. The first-order chi connectivity index (χ1) is 27.8. The summed E-state index contributed by atoms with van der Waals surface area (Å²) in [6.45, 7) is 0. The Morgan fingerprint density at radius 1 is 0.304 bits per heavy atom. The molecule has 2 heteroatoms. The van der Waals surface area contributed by atoms with Crippen molar-refractivity contribution in [1.29, 1.82) is 0 Å². The minimum atomic E-state index is 1.09. The van der Waals surface area contributed by atoms with Crippen molar-refractivity contribution in [3.05, 3.63) is 231 Å². The van der Waals surface area contributed by atoms with Crippen LogP contribution in [0, 0.1) is 0 Å². The SMILES string of the molecule is c1ccc(-c2ccc(N(c3ccc4c(c3)c3c(-c5ccccc5)cccc3n4-c3ccccc3)c3ccc(-c4ccccc4)cc3-c3ccccc3)cc2)cc1. The van der Waals surface area contributed by atoms with E-state index >= 15 is 0 Å². The van der Waals surface area contributed by atoms with Crippen molar-refractivity contribution in [3.8, 4) is 50.2 Å². The zero-order valence-corrected chi connectivity index (χ0v) is 30.8. The van der Waals surface area contributed by atoms with Gasteiger partial charge in [0.15, 0.2) is 0 Å². The van der Waals surface area contributed by atoms with Crippen molar-refractivity contribution in [2.24, 2.45) is 0 Å². The first kappa shape index (κ1) is 33.2. The maximum absolute atomic E-state index is 2.43. The van der Waals surface area contributed by atoms with Gasteiger partial charge in [0.25, 0.3) is 0 Å². The molecule has 0 saturated heterocycles. The van der Waals surface area contributed by atoms with E-state index in [0.717, 1.165) is 28.3 Å². The highest BCUT2D eigenvalue weighted by Crippen LogP contribution is 2.46. The van der Waals surface area contributed by atoms with Crippen molar-refractivity contribution in [2.45, 2.75) is 0 Å². The highest BCUT2D eigenvalue weighted by Gasteiger charge is 2.22. The van der Waals surface area contributed by atoms with Gasteiger partial charge in [-0.05, 0) is 99.6 Å². The molecule has 0 saturated carbocycles. The lowest BCUT2D eigenvalue weighted by Gasteiger charge is -2.29. The average Bonchev–Trinajstić information content (AvgIpc) is 3.62. The van der Waals surface area contributed by atoms with E-state index in [2.05, 4.69) is 240 Å². The van der Waals surface area contributed by atoms with Crippen LogP contribution >= 0.6 is 0 Å². The number of anilines is 3. The average molecular weight is 715 g/mol. The molecule has 0 unspecified atom stereocenters. The van der Waals surface area contributed by atoms with Crippen LogP contribution in [0.5, 0.6) is 0 Å². The summed E-state index contributed by atoms with van der Waals surface area (Å²) in [5, 5.41) is 2.44. The van der Waals surface area contributed by atoms with Crippen LogP contribution in [0.1, 0.15) is 0 Å². The van der Waals surface area contributed by atoms with Crippen LogP contribution in [-0.4, -0.2) is 4.57 Å². The molecule has 0 radical (unpaired) electrons. The minimum Gasteiger partial charge on any atom is -0.310 e. The lowest BCUT2D eigenvalue weighted by atomic mass is 9.95. The van der Waals surface area contributed by atoms with E-state index in [4.69, 9.17) is 0 Å². The van der Waals surface area contributed by atoms with Crippen LogP contribution in [0.15, 0.2) is 231 Å². The summed E-state index contributed by atoms with van der Waals surface area (Å²) in [6.07, 6.45) is 0. The van der Waals surface area contributed by atoms with Crippen LogP contribution in [0.2, 0.25) is 0 Å². The molecule has 1 heterocycles. The third-order valence-corrected chi connectivity index (χ3v) is 10.8. The number of nitrogens with zero attached hydrogens (tertiary/aromatic N) is 2. The van der Waals surface area contributed by atoms with E-state index in [9.17, 15) is 0 Å². The van der Waals surface area contributed by atoms with Crippen molar-refractivity contribution in [3.63, 3.8) is 0 Å². The fourth-order valence-corrected chi connectivity index (χ4v) is 8.16. The minimum absolute atomic E-state index is 1.09. The summed E-state index contributed by atoms with van der Waals surface area (Å²) in [6, 6.07) is 83.1. The molecule has 0 aliphatic rings. The van der Waals surface area contributed by atoms with Gasteiger partial charge >= 0.3 is 0 Å². The van der Waals surface area contributed by atoms with Crippen molar-refractivity contribution in [1.82, 2.24) is 4.57 Å². The van der Waals surface area contributed by atoms with Crippen LogP contribution in [-0.2, 0) is 0 Å². The van der Waals surface area contributed by atoms with E-state index < -0.39 is 0 Å². The number of para-hydroxylation sites is 1. The molecule has 56 heavy (non-hydrogen) atoms. The number of fused-ring (bicyclic) bond motifs is 3. The van der Waals surface area contributed by atoms with E-state index in [1.165, 1.54) is 60.8 Å². The van der Waals surface area contributed by atoms with Crippen molar-refractivity contribution >= 4 is 38.9 Å². The monoisotopic (exact) mass is 714 g/mol. The summed E-state index contributed by atoms with van der Waals surface area (Å²) in [5.74, 6) is 0. The third-order valence-electron chi connectivity index (χ3n) is 10.8. The third kappa shape index (κ3) is 6.04. The summed E-state index contributed by atoms with van der Waals surface area (Å²) >= 11 is 0. The van der Waals surface area contributed by atoms with Gasteiger partial charge in [0.1, 0.15) is 0 Å². The van der Waals surface area contributed by atoms with Crippen molar-refractivity contribution < 1.29 is 0 Å². The molecule has 0 aliphatic heterocycles. The van der Waals surface area contributed by atoms with E-state index in [-0.39, 0.29) is 0 Å². The molecule has 10 rings (SSSR count). The van der Waals surface area contributed by atoms with Crippen LogP contribution in [0.25, 0.3) is 72.0 Å². The normalized spacial score (nSPS) is 11.2. The molecule has 0 spiro atoms. The Kier molecular flexibility index (Phi) is 8.55. The highest BCUT2D eigenvalue weighted by molar-refractivity contribution is 6.17. The zero-order chi connectivity index (χ0) is 37.3. The molecule has 2 nitrogen and oxygen atoms in total. The van der Waals surface area contributed by atoms with Crippen LogP contribution in [0.3, 0.4) is 0 Å². The first-order valence-corrected chi connectivity index (χ1v) is 19.2. The Bertz CT molecular complexity index is 2920. The topological polar surface area (TPSA) is 8.17 Å². The predicted molar refractivity (Wildman–Crippen MR) is 237 cm³/mol. The van der Waals surface area contributed by atoms with Gasteiger partial charge in [-0.15, -0.1) is 0 Å². The Morgan fingerprint density at radius 3 is 1.43 bits per heavy atom.